The first-order valence-electron chi connectivity index (χ1n) is 6.82. The van der Waals surface area contributed by atoms with E-state index in [0.29, 0.717) is 25.5 Å². The summed E-state index contributed by atoms with van der Waals surface area (Å²) in [6.45, 7) is 3.35. The van der Waals surface area contributed by atoms with Gasteiger partial charge in [0.2, 0.25) is 0 Å². The van der Waals surface area contributed by atoms with E-state index in [1.807, 2.05) is 25.1 Å². The van der Waals surface area contributed by atoms with Crippen LogP contribution in [0.5, 0.6) is 11.5 Å². The molecule has 1 atom stereocenters. The highest BCUT2D eigenvalue weighted by Gasteiger charge is 2.15. The van der Waals surface area contributed by atoms with Gasteiger partial charge in [-0.25, -0.2) is 9.78 Å². The number of fused-ring (bicyclic) bond motifs is 1. The molecule has 1 aliphatic heterocycles. The van der Waals surface area contributed by atoms with Crippen molar-refractivity contribution in [2.45, 2.75) is 19.5 Å². The summed E-state index contributed by atoms with van der Waals surface area (Å²) >= 11 is 0. The van der Waals surface area contributed by atoms with Gasteiger partial charge in [0, 0.05) is 25.0 Å². The average molecular weight is 287 g/mol. The second-order valence-corrected chi connectivity index (χ2v) is 5.08. The first kappa shape index (κ1) is 13.6. The number of benzene rings is 1. The number of ether oxygens (including phenoxy) is 2. The van der Waals surface area contributed by atoms with E-state index in [4.69, 9.17) is 15.2 Å². The zero-order valence-corrected chi connectivity index (χ0v) is 11.8. The smallest absolute Gasteiger partial charge is 0.347 e. The van der Waals surface area contributed by atoms with Gasteiger partial charge in [-0.3, -0.25) is 4.57 Å². The second kappa shape index (κ2) is 5.57. The van der Waals surface area contributed by atoms with Crippen LogP contribution in [0.25, 0.3) is 0 Å². The molecular formula is C15H17N3O3. The molecule has 1 aromatic carbocycles. The van der Waals surface area contributed by atoms with Gasteiger partial charge in [-0.2, -0.15) is 0 Å². The highest BCUT2D eigenvalue weighted by Crippen LogP contribution is 2.32. The molecule has 110 valence electrons. The van der Waals surface area contributed by atoms with Gasteiger partial charge in [0.1, 0.15) is 13.2 Å². The largest absolute Gasteiger partial charge is 0.486 e. The lowest BCUT2D eigenvalue weighted by atomic mass is 10.1. The summed E-state index contributed by atoms with van der Waals surface area (Å²) in [6.07, 6.45) is 3.31. The van der Waals surface area contributed by atoms with Gasteiger partial charge in [0.15, 0.2) is 11.5 Å². The summed E-state index contributed by atoms with van der Waals surface area (Å²) in [4.78, 5) is 15.5. The fourth-order valence-corrected chi connectivity index (χ4v) is 2.30. The van der Waals surface area contributed by atoms with Gasteiger partial charge in [0.05, 0.1) is 0 Å². The third-order valence-corrected chi connectivity index (χ3v) is 3.37. The van der Waals surface area contributed by atoms with Gasteiger partial charge >= 0.3 is 5.69 Å². The predicted molar refractivity (Wildman–Crippen MR) is 77.6 cm³/mol. The van der Waals surface area contributed by atoms with E-state index in [-0.39, 0.29) is 11.7 Å². The number of hydrogen-bond acceptors (Lipinski definition) is 5. The molecule has 2 heterocycles. The Kier molecular flexibility index (Phi) is 3.62. The minimum Gasteiger partial charge on any atom is -0.486 e. The zero-order valence-electron chi connectivity index (χ0n) is 11.8. The Hall–Kier alpha value is -2.34. The van der Waals surface area contributed by atoms with E-state index in [2.05, 4.69) is 4.98 Å². The molecule has 0 aliphatic carbocycles. The topological polar surface area (TPSA) is 79.4 Å². The molecule has 2 N–H and O–H groups in total. The van der Waals surface area contributed by atoms with Crippen molar-refractivity contribution in [2.24, 2.45) is 5.73 Å². The first-order chi connectivity index (χ1) is 10.1. The summed E-state index contributed by atoms with van der Waals surface area (Å²) in [7, 11) is 0. The summed E-state index contributed by atoms with van der Waals surface area (Å²) < 4.78 is 12.6. The molecule has 0 saturated carbocycles. The minimum atomic E-state index is -0.317. The minimum absolute atomic E-state index is 0.298. The quantitative estimate of drug-likeness (QED) is 0.912. The summed E-state index contributed by atoms with van der Waals surface area (Å²) in [5, 5.41) is 0. The van der Waals surface area contributed by atoms with E-state index < -0.39 is 0 Å². The molecule has 3 rings (SSSR count). The van der Waals surface area contributed by atoms with Crippen molar-refractivity contribution in [3.8, 4) is 11.5 Å². The molecule has 0 saturated heterocycles. The fourth-order valence-electron chi connectivity index (χ4n) is 2.30. The van der Waals surface area contributed by atoms with Crippen LogP contribution < -0.4 is 20.9 Å². The average Bonchev–Trinajstić information content (AvgIpc) is 2.50. The van der Waals surface area contributed by atoms with Crippen molar-refractivity contribution < 1.29 is 9.47 Å². The van der Waals surface area contributed by atoms with E-state index in [1.165, 1.54) is 4.57 Å². The molecule has 0 bridgehead atoms. The Bertz CT molecular complexity index is 712. The maximum Gasteiger partial charge on any atom is 0.347 e. The van der Waals surface area contributed by atoms with Crippen molar-refractivity contribution in [1.82, 2.24) is 9.55 Å². The third kappa shape index (κ3) is 2.90. The lowest BCUT2D eigenvalue weighted by Crippen LogP contribution is -2.28. The molecule has 1 unspecified atom stereocenters. The second-order valence-electron chi connectivity index (χ2n) is 5.08. The van der Waals surface area contributed by atoms with Crippen LogP contribution in [0.2, 0.25) is 0 Å². The lowest BCUT2D eigenvalue weighted by molar-refractivity contribution is 0.171. The van der Waals surface area contributed by atoms with E-state index in [0.717, 1.165) is 16.9 Å². The van der Waals surface area contributed by atoms with Crippen LogP contribution >= 0.6 is 0 Å². The van der Waals surface area contributed by atoms with Crippen LogP contribution in [0, 0.1) is 6.92 Å². The first-order valence-corrected chi connectivity index (χ1v) is 6.82. The third-order valence-electron chi connectivity index (χ3n) is 3.37. The molecule has 6 nitrogen and oxygen atoms in total. The van der Waals surface area contributed by atoms with Gasteiger partial charge in [-0.15, -0.1) is 0 Å². The molecule has 21 heavy (non-hydrogen) atoms. The Morgan fingerprint density at radius 3 is 2.90 bits per heavy atom. The van der Waals surface area contributed by atoms with Crippen LogP contribution in [-0.4, -0.2) is 22.8 Å². The van der Waals surface area contributed by atoms with Crippen molar-refractivity contribution >= 4 is 0 Å². The van der Waals surface area contributed by atoms with Crippen molar-refractivity contribution in [1.29, 1.82) is 0 Å². The van der Waals surface area contributed by atoms with Gasteiger partial charge in [0.25, 0.3) is 0 Å². The number of aromatic nitrogens is 2. The highest BCUT2D eigenvalue weighted by atomic mass is 16.6. The maximum absolute atomic E-state index is 11.7. The number of rotatable bonds is 3. The van der Waals surface area contributed by atoms with Crippen molar-refractivity contribution in [3.05, 3.63) is 52.2 Å². The highest BCUT2D eigenvalue weighted by molar-refractivity contribution is 5.44. The van der Waals surface area contributed by atoms with Crippen LogP contribution in [-0.2, 0) is 6.54 Å². The summed E-state index contributed by atoms with van der Waals surface area (Å²) in [6, 6.07) is 5.29. The maximum atomic E-state index is 11.7. The molecule has 0 radical (unpaired) electrons. The standard InChI is InChI=1S/C15H17N3O3/c1-10-7-17-15(19)18(8-10)9-12(16)11-2-3-13-14(6-11)21-5-4-20-13/h2-3,6-8,12H,4-5,9,16H2,1H3. The predicted octanol–water partition coefficient (Wildman–Crippen LogP) is 1.02. The molecule has 1 aromatic heterocycles. The molecule has 2 aromatic rings. The van der Waals surface area contributed by atoms with Gasteiger partial charge in [-0.1, -0.05) is 6.07 Å². The number of nitrogens with two attached hydrogens (primary N) is 1. The van der Waals surface area contributed by atoms with E-state index in [9.17, 15) is 4.79 Å². The molecular weight excluding hydrogens is 270 g/mol. The molecule has 1 aliphatic rings. The Labute approximate surface area is 122 Å². The number of aryl methyl sites for hydroxylation is 1. The Balaban J connectivity index is 1.83. The van der Waals surface area contributed by atoms with Crippen molar-refractivity contribution in [2.75, 3.05) is 13.2 Å². The van der Waals surface area contributed by atoms with Gasteiger partial charge < -0.3 is 15.2 Å². The fraction of sp³-hybridized carbons (Fsp3) is 0.333. The molecule has 6 heteroatoms. The number of hydrogen-bond donors (Lipinski definition) is 1. The van der Waals surface area contributed by atoms with Crippen molar-refractivity contribution in [3.63, 3.8) is 0 Å². The molecule has 0 amide bonds. The van der Waals surface area contributed by atoms with Gasteiger partial charge in [-0.05, 0) is 30.2 Å². The Morgan fingerprint density at radius 2 is 2.10 bits per heavy atom. The normalized spacial score (nSPS) is 14.8. The van der Waals surface area contributed by atoms with E-state index in [1.54, 1.807) is 12.4 Å². The monoisotopic (exact) mass is 287 g/mol. The van der Waals surface area contributed by atoms with Crippen LogP contribution in [0.4, 0.5) is 0 Å². The van der Waals surface area contributed by atoms with Crippen LogP contribution in [0.3, 0.4) is 0 Å². The Morgan fingerprint density at radius 1 is 1.33 bits per heavy atom. The van der Waals surface area contributed by atoms with E-state index >= 15 is 0 Å². The van der Waals surface area contributed by atoms with Crippen LogP contribution in [0.15, 0.2) is 35.4 Å². The van der Waals surface area contributed by atoms with Crippen LogP contribution in [0.1, 0.15) is 17.2 Å². The zero-order chi connectivity index (χ0) is 14.8. The molecule has 0 fully saturated rings. The number of nitrogens with zero attached hydrogens (tertiary/aromatic N) is 2. The SMILES string of the molecule is Cc1cnc(=O)n(CC(N)c2ccc3c(c2)OCCO3)c1. The summed E-state index contributed by atoms with van der Waals surface area (Å²) in [5.74, 6) is 1.43. The summed E-state index contributed by atoms with van der Waals surface area (Å²) in [5.41, 5.74) is 7.71. The lowest BCUT2D eigenvalue weighted by Gasteiger charge is -2.21. The molecule has 0 spiro atoms.